The van der Waals surface area contributed by atoms with Crippen molar-refractivity contribution in [3.63, 3.8) is 0 Å². The van der Waals surface area contributed by atoms with E-state index < -0.39 is 17.6 Å². The molecule has 1 atom stereocenters. The van der Waals surface area contributed by atoms with Crippen LogP contribution < -0.4 is 10.6 Å². The lowest BCUT2D eigenvalue weighted by atomic mass is 9.88. The fourth-order valence-corrected chi connectivity index (χ4v) is 4.12. The number of hydrogen-bond donors (Lipinski definition) is 3. The lowest BCUT2D eigenvalue weighted by Gasteiger charge is -2.27. The van der Waals surface area contributed by atoms with E-state index in [4.69, 9.17) is 32.4 Å². The summed E-state index contributed by atoms with van der Waals surface area (Å²) >= 11 is 12.1. The Balaban J connectivity index is 1.41. The van der Waals surface area contributed by atoms with Crippen LogP contribution >= 0.6 is 23.2 Å². The van der Waals surface area contributed by atoms with Crippen molar-refractivity contribution in [1.82, 2.24) is 15.5 Å². The zero-order valence-corrected chi connectivity index (χ0v) is 19.9. The summed E-state index contributed by atoms with van der Waals surface area (Å²) in [6.45, 7) is 5.51. The molecule has 10 heteroatoms. The van der Waals surface area contributed by atoms with Crippen LogP contribution in [0.15, 0.2) is 34.7 Å². The molecule has 33 heavy (non-hydrogen) atoms. The van der Waals surface area contributed by atoms with Gasteiger partial charge in [0.2, 0.25) is 0 Å². The molecule has 3 aromatic rings. The van der Waals surface area contributed by atoms with Crippen molar-refractivity contribution in [3.05, 3.63) is 57.4 Å². The monoisotopic (exact) mass is 490 g/mol. The Morgan fingerprint density at radius 3 is 2.67 bits per heavy atom. The number of ether oxygens (including phenoxy) is 1. The van der Waals surface area contributed by atoms with Crippen molar-refractivity contribution < 1.29 is 18.7 Å². The van der Waals surface area contributed by atoms with E-state index in [2.05, 4.69) is 20.8 Å². The second-order valence-electron chi connectivity index (χ2n) is 8.89. The van der Waals surface area contributed by atoms with Gasteiger partial charge in [0.1, 0.15) is 22.0 Å². The lowest BCUT2D eigenvalue weighted by Crippen LogP contribution is -2.41. The van der Waals surface area contributed by atoms with Gasteiger partial charge in [0.05, 0.1) is 0 Å². The van der Waals surface area contributed by atoms with Gasteiger partial charge in [0, 0.05) is 11.7 Å². The van der Waals surface area contributed by atoms with E-state index >= 15 is 0 Å². The first-order chi connectivity index (χ1) is 15.6. The molecule has 3 N–H and O–H groups in total. The highest BCUT2D eigenvalue weighted by atomic mass is 35.5. The van der Waals surface area contributed by atoms with Crippen molar-refractivity contribution in [2.24, 2.45) is 0 Å². The number of nitrogens with zero attached hydrogens (tertiary/aromatic N) is 1. The molecule has 1 aromatic carbocycles. The van der Waals surface area contributed by atoms with Crippen LogP contribution in [-0.2, 0) is 17.6 Å². The molecule has 0 aliphatic heterocycles. The topological polar surface area (TPSA) is 109 Å². The van der Waals surface area contributed by atoms with Gasteiger partial charge < -0.3 is 19.8 Å². The number of rotatable bonds is 4. The largest absolute Gasteiger partial charge is 0.444 e. The van der Waals surface area contributed by atoms with E-state index in [1.165, 1.54) is 0 Å². The Bertz CT molecular complexity index is 1200. The smallest absolute Gasteiger partial charge is 0.407 e. The predicted molar refractivity (Wildman–Crippen MR) is 126 cm³/mol. The molecule has 0 bridgehead atoms. The minimum Gasteiger partial charge on any atom is -0.444 e. The summed E-state index contributed by atoms with van der Waals surface area (Å²) in [5, 5.41) is 12.9. The number of alkyl carbamates (subject to hydrolysis) is 1. The zero-order valence-electron chi connectivity index (χ0n) is 18.4. The summed E-state index contributed by atoms with van der Waals surface area (Å²) in [4.78, 5) is 24.8. The summed E-state index contributed by atoms with van der Waals surface area (Å²) in [6.07, 6.45) is 1.84. The highest BCUT2D eigenvalue weighted by molar-refractivity contribution is 6.36. The molecule has 0 saturated heterocycles. The second kappa shape index (κ2) is 9.11. The average Bonchev–Trinajstić information content (AvgIpc) is 3.31. The quantitative estimate of drug-likeness (QED) is 0.440. The van der Waals surface area contributed by atoms with Crippen LogP contribution in [-0.4, -0.2) is 33.8 Å². The van der Waals surface area contributed by atoms with Crippen LogP contribution in [0, 0.1) is 0 Å². The number of aryl methyl sites for hydroxylation is 1. The lowest BCUT2D eigenvalue weighted by molar-refractivity contribution is 0.0500. The molecule has 174 valence electrons. The number of carbonyl (C=O) groups excluding carboxylic acids is 2. The minimum atomic E-state index is -0.535. The van der Waals surface area contributed by atoms with E-state index in [9.17, 15) is 9.59 Å². The standard InChI is InChI=1S/C23H24Cl2N4O4/c1-23(2,3)33-22(31)27-15-7-5-12-10-14(6-4-13(12)11-15)26-21(30)20-18(25)19(28-29-20)16-8-9-17(24)32-16/h4,6,8-10,15H,5,7,11H2,1-3H3,(H,26,30)(H,27,31)(H,28,29)/t15-/m0/s1. The van der Waals surface area contributed by atoms with E-state index in [-0.39, 0.29) is 22.0 Å². The molecular weight excluding hydrogens is 467 g/mol. The Labute approximate surface area is 201 Å². The van der Waals surface area contributed by atoms with Crippen LogP contribution in [0.3, 0.4) is 0 Å². The highest BCUT2D eigenvalue weighted by Crippen LogP contribution is 2.32. The zero-order chi connectivity index (χ0) is 23.8. The summed E-state index contributed by atoms with van der Waals surface area (Å²) in [5.41, 5.74) is 2.79. The number of anilines is 1. The molecule has 1 aliphatic carbocycles. The number of nitrogens with one attached hydrogen (secondary N) is 3. The number of benzene rings is 1. The molecule has 8 nitrogen and oxygen atoms in total. The molecule has 1 aliphatic rings. The Kier molecular flexibility index (Phi) is 6.41. The Hall–Kier alpha value is -2.97. The molecule has 0 fully saturated rings. The number of aromatic nitrogens is 2. The normalized spacial score (nSPS) is 15.6. The van der Waals surface area contributed by atoms with Crippen LogP contribution in [0.4, 0.5) is 10.5 Å². The van der Waals surface area contributed by atoms with Crippen LogP contribution in [0.25, 0.3) is 11.5 Å². The molecule has 0 saturated carbocycles. The van der Waals surface area contributed by atoms with Crippen molar-refractivity contribution in [2.75, 3.05) is 5.32 Å². The number of fused-ring (bicyclic) bond motifs is 1. The van der Waals surface area contributed by atoms with Crippen LogP contribution in [0.1, 0.15) is 48.8 Å². The first kappa shape index (κ1) is 23.2. The first-order valence-corrected chi connectivity index (χ1v) is 11.3. The molecular formula is C23H24Cl2N4O4. The van der Waals surface area contributed by atoms with Gasteiger partial charge in [-0.15, -0.1) is 0 Å². The summed E-state index contributed by atoms with van der Waals surface area (Å²) in [6, 6.07) is 8.92. The maximum atomic E-state index is 12.8. The number of H-pyrrole nitrogens is 1. The molecule has 4 rings (SSSR count). The number of amides is 2. The Morgan fingerprint density at radius 2 is 1.97 bits per heavy atom. The van der Waals surface area contributed by atoms with Gasteiger partial charge >= 0.3 is 6.09 Å². The van der Waals surface area contributed by atoms with Crippen LogP contribution in [0.5, 0.6) is 0 Å². The third-order valence-electron chi connectivity index (χ3n) is 5.15. The maximum absolute atomic E-state index is 12.8. The van der Waals surface area contributed by atoms with Gasteiger partial charge in [0.25, 0.3) is 5.91 Å². The molecule has 2 heterocycles. The van der Waals surface area contributed by atoms with Gasteiger partial charge in [-0.25, -0.2) is 4.79 Å². The van der Waals surface area contributed by atoms with Gasteiger partial charge in [-0.2, -0.15) is 5.10 Å². The van der Waals surface area contributed by atoms with Gasteiger partial charge in [-0.3, -0.25) is 9.89 Å². The molecule has 0 radical (unpaired) electrons. The summed E-state index contributed by atoms with van der Waals surface area (Å²) in [7, 11) is 0. The SMILES string of the molecule is CC(C)(C)OC(=O)N[C@H]1CCc2cc(NC(=O)c3[nH]nc(-c4ccc(Cl)o4)c3Cl)ccc2C1. The molecule has 0 spiro atoms. The third-order valence-corrected chi connectivity index (χ3v) is 5.73. The van der Waals surface area contributed by atoms with Crippen molar-refractivity contribution in [2.45, 2.75) is 51.7 Å². The minimum absolute atomic E-state index is 0.00474. The number of furan rings is 1. The van der Waals surface area contributed by atoms with Gasteiger partial charge in [-0.05, 0) is 87.0 Å². The van der Waals surface area contributed by atoms with E-state index in [1.54, 1.807) is 12.1 Å². The van der Waals surface area contributed by atoms with Crippen LogP contribution in [0.2, 0.25) is 10.2 Å². The average molecular weight is 491 g/mol. The number of halogens is 2. The maximum Gasteiger partial charge on any atom is 0.407 e. The fourth-order valence-electron chi connectivity index (χ4n) is 3.71. The first-order valence-electron chi connectivity index (χ1n) is 10.5. The molecule has 0 unspecified atom stereocenters. The third kappa shape index (κ3) is 5.51. The van der Waals surface area contributed by atoms with Gasteiger partial charge in [-0.1, -0.05) is 17.7 Å². The predicted octanol–water partition coefficient (Wildman–Crippen LogP) is 5.61. The number of hydrogen-bond acceptors (Lipinski definition) is 5. The molecule has 2 amide bonds. The van der Waals surface area contributed by atoms with Gasteiger partial charge in [0.15, 0.2) is 11.0 Å². The second-order valence-corrected chi connectivity index (χ2v) is 9.64. The van der Waals surface area contributed by atoms with E-state index in [0.29, 0.717) is 23.6 Å². The van der Waals surface area contributed by atoms with Crippen molar-refractivity contribution in [1.29, 1.82) is 0 Å². The Morgan fingerprint density at radius 1 is 1.18 bits per heavy atom. The number of aromatic amines is 1. The van der Waals surface area contributed by atoms with E-state index in [0.717, 1.165) is 24.0 Å². The highest BCUT2D eigenvalue weighted by Gasteiger charge is 2.25. The summed E-state index contributed by atoms with van der Waals surface area (Å²) in [5.74, 6) is -0.0553. The van der Waals surface area contributed by atoms with E-state index in [1.807, 2.05) is 39.0 Å². The summed E-state index contributed by atoms with van der Waals surface area (Å²) < 4.78 is 10.7. The van der Waals surface area contributed by atoms with Crippen molar-refractivity contribution in [3.8, 4) is 11.5 Å². The fraction of sp³-hybridized carbons (Fsp3) is 0.348. The molecule has 2 aromatic heterocycles. The van der Waals surface area contributed by atoms with Crippen molar-refractivity contribution >= 4 is 40.9 Å². The number of carbonyl (C=O) groups is 2.